The van der Waals surface area contributed by atoms with Crippen molar-refractivity contribution in [1.82, 2.24) is 23.8 Å². The van der Waals surface area contributed by atoms with Crippen molar-refractivity contribution < 1.29 is 31.5 Å². The molecule has 0 aliphatic carbocycles. The lowest BCUT2D eigenvalue weighted by atomic mass is 10.2. The molecule has 2 bridgehead atoms. The van der Waals surface area contributed by atoms with Crippen LogP contribution >= 0.6 is 0 Å². The van der Waals surface area contributed by atoms with Crippen molar-refractivity contribution in [3.63, 3.8) is 0 Å². The van der Waals surface area contributed by atoms with Crippen molar-refractivity contribution >= 4 is 37.7 Å². The Morgan fingerprint density at radius 3 is 1.81 bits per heavy atom. The number of carbonyl (C=O) groups excluding carboxylic acids is 1. The normalized spacial score (nSPS) is 16.6. The molecule has 1 aliphatic rings. The number of nitro groups is 2. The molecule has 2 heterocycles. The second-order valence-corrected chi connectivity index (χ2v) is 14.7. The predicted molar refractivity (Wildman–Crippen MR) is 174 cm³/mol. The molecule has 0 amide bonds. The van der Waals surface area contributed by atoms with Crippen LogP contribution in [0.1, 0.15) is 17.8 Å². The minimum atomic E-state index is -4.47. The monoisotopic (exact) mass is 704 g/mol. The second kappa shape index (κ2) is 16.2. The summed E-state index contributed by atoms with van der Waals surface area (Å²) in [5.41, 5.74) is 4.89. The van der Waals surface area contributed by atoms with Crippen molar-refractivity contribution in [2.45, 2.75) is 35.3 Å². The van der Waals surface area contributed by atoms with Crippen molar-refractivity contribution in [3.8, 4) is 0 Å². The van der Waals surface area contributed by atoms with E-state index in [1.165, 1.54) is 24.3 Å². The fraction of sp³-hybridized carbons (Fsp3) is 0.379. The van der Waals surface area contributed by atoms with Crippen LogP contribution in [0.15, 0.2) is 76.5 Å². The van der Waals surface area contributed by atoms with Crippen LogP contribution in [-0.2, 0) is 37.9 Å². The second-order valence-electron chi connectivity index (χ2n) is 10.9. The van der Waals surface area contributed by atoms with Crippen LogP contribution in [0, 0.1) is 20.2 Å². The van der Waals surface area contributed by atoms with E-state index in [1.807, 2.05) is 0 Å². The molecule has 3 aromatic rings. The molecule has 0 spiro atoms. The first-order chi connectivity index (χ1) is 22.9. The first-order valence-corrected chi connectivity index (χ1v) is 17.8. The molecule has 1 atom stereocenters. The highest BCUT2D eigenvalue weighted by Crippen LogP contribution is 2.29. The number of para-hydroxylation sites is 2. The number of rotatable bonds is 12. The third kappa shape index (κ3) is 8.81. The number of hydrogen-bond donors (Lipinski definition) is 2. The Morgan fingerprint density at radius 1 is 0.792 bits per heavy atom. The third-order valence-corrected chi connectivity index (χ3v) is 11.4. The van der Waals surface area contributed by atoms with Crippen molar-refractivity contribution in [1.29, 1.82) is 0 Å². The summed E-state index contributed by atoms with van der Waals surface area (Å²) in [6.45, 7) is 0.134. The van der Waals surface area contributed by atoms with Gasteiger partial charge in [-0.15, -0.1) is 0 Å². The van der Waals surface area contributed by atoms with E-state index in [4.69, 9.17) is 5.73 Å². The summed E-state index contributed by atoms with van der Waals surface area (Å²) < 4.78 is 58.0. The maximum Gasteiger partial charge on any atom is 0.289 e. The molecule has 17 nitrogen and oxygen atoms in total. The first kappa shape index (κ1) is 36.6. The molecule has 0 radical (unpaired) electrons. The zero-order valence-corrected chi connectivity index (χ0v) is 27.5. The molecule has 0 fully saturated rings. The van der Waals surface area contributed by atoms with Crippen molar-refractivity contribution in [2.24, 2.45) is 5.73 Å². The summed E-state index contributed by atoms with van der Waals surface area (Å²) in [6, 6.07) is 14.0. The summed E-state index contributed by atoms with van der Waals surface area (Å²) >= 11 is 0. The Labute approximate surface area is 277 Å². The van der Waals surface area contributed by atoms with Gasteiger partial charge in [-0.2, -0.15) is 8.61 Å². The number of nitrogens with zero attached hydrogens (tertiary/aromatic N) is 6. The van der Waals surface area contributed by atoms with Crippen LogP contribution in [-0.4, -0.2) is 103 Å². The number of nitro benzene ring substituents is 2. The summed E-state index contributed by atoms with van der Waals surface area (Å²) in [5, 5.41) is 26.5. The quantitative estimate of drug-likeness (QED) is 0.153. The molecule has 2 aromatic carbocycles. The number of nitrogens with one attached hydrogen (secondary N) is 1. The smallest absolute Gasteiger partial charge is 0.289 e. The Balaban J connectivity index is 1.78. The van der Waals surface area contributed by atoms with Crippen LogP contribution in [0.3, 0.4) is 0 Å². The zero-order valence-electron chi connectivity index (χ0n) is 25.8. The van der Waals surface area contributed by atoms with Gasteiger partial charge in [-0.25, -0.2) is 16.8 Å². The molecule has 4 rings (SSSR count). The van der Waals surface area contributed by atoms with Gasteiger partial charge in [0.1, 0.15) is 6.29 Å². The Bertz CT molecular complexity index is 1840. The number of fused-ring (bicyclic) bond motifs is 2. The molecule has 258 valence electrons. The number of benzene rings is 2. The lowest BCUT2D eigenvalue weighted by Gasteiger charge is -2.29. The van der Waals surface area contributed by atoms with E-state index in [1.54, 1.807) is 23.1 Å². The third-order valence-electron chi connectivity index (χ3n) is 7.62. The number of aldehydes is 1. The van der Waals surface area contributed by atoms with Crippen LogP contribution in [0.4, 0.5) is 11.4 Å². The number of nitrogens with two attached hydrogens (primary N) is 1. The van der Waals surface area contributed by atoms with Gasteiger partial charge in [-0.3, -0.25) is 30.1 Å². The molecule has 3 N–H and O–H groups in total. The summed E-state index contributed by atoms with van der Waals surface area (Å²) in [4.78, 5) is 39.2. The lowest BCUT2D eigenvalue weighted by molar-refractivity contribution is -0.388. The van der Waals surface area contributed by atoms with Gasteiger partial charge in [-0.1, -0.05) is 30.3 Å². The van der Waals surface area contributed by atoms with Gasteiger partial charge in [0.05, 0.1) is 40.4 Å². The standard InChI is InChI=1S/C29H36N8O9S2/c30-13-14-31-25(22-38)19-33-15-6-16-34(47(43,44)28-11-3-1-9-26(28)36(39)40)20-23-7-5-8-24(32-23)21-35(18-17-33)48(45,46)29-12-4-2-10-27(29)37(41)42/h1-5,7-12,22,25,31H,6,13-21,30H2. The lowest BCUT2D eigenvalue weighted by Crippen LogP contribution is -2.47. The van der Waals surface area contributed by atoms with Gasteiger partial charge in [0.25, 0.3) is 11.4 Å². The topological polar surface area (TPSA) is 232 Å². The number of sulfonamides is 2. The molecular weight excluding hydrogens is 669 g/mol. The van der Waals surface area contributed by atoms with Gasteiger partial charge in [0.15, 0.2) is 9.79 Å². The molecule has 19 heteroatoms. The van der Waals surface area contributed by atoms with Gasteiger partial charge in [0.2, 0.25) is 20.0 Å². The maximum absolute atomic E-state index is 14.0. The van der Waals surface area contributed by atoms with E-state index < -0.39 is 57.1 Å². The molecular formula is C29H36N8O9S2. The minimum Gasteiger partial charge on any atom is -0.329 e. The van der Waals surface area contributed by atoms with E-state index in [0.29, 0.717) is 12.8 Å². The molecule has 0 saturated carbocycles. The zero-order chi connectivity index (χ0) is 34.9. The maximum atomic E-state index is 14.0. The SMILES string of the molecule is NCCNC(C=O)CN1CCCN(S(=O)(=O)c2ccccc2[N+](=O)[O-])Cc2cccc(n2)CN(S(=O)(=O)c2ccccc2[N+](=O)[O-])CC1. The highest BCUT2D eigenvalue weighted by Gasteiger charge is 2.34. The predicted octanol–water partition coefficient (Wildman–Crippen LogP) is 1.10. The Hall–Kier alpha value is -4.24. The van der Waals surface area contributed by atoms with Gasteiger partial charge < -0.3 is 15.8 Å². The first-order valence-electron chi connectivity index (χ1n) is 14.9. The number of hydrogen-bond acceptors (Lipinski definition) is 13. The van der Waals surface area contributed by atoms with Gasteiger partial charge in [0, 0.05) is 51.4 Å². The fourth-order valence-electron chi connectivity index (χ4n) is 5.29. The Kier molecular flexibility index (Phi) is 12.4. The van der Waals surface area contributed by atoms with Crippen LogP contribution < -0.4 is 11.1 Å². The molecule has 48 heavy (non-hydrogen) atoms. The average Bonchev–Trinajstić information content (AvgIpc) is 3.08. The highest BCUT2D eigenvalue weighted by molar-refractivity contribution is 7.89. The largest absolute Gasteiger partial charge is 0.329 e. The number of carbonyl (C=O) groups is 1. The van der Waals surface area contributed by atoms with Crippen molar-refractivity contribution in [3.05, 3.63) is 98.3 Å². The molecule has 1 unspecified atom stereocenters. The average molecular weight is 705 g/mol. The number of pyridine rings is 1. The van der Waals surface area contributed by atoms with E-state index in [0.717, 1.165) is 32.9 Å². The van der Waals surface area contributed by atoms with E-state index >= 15 is 0 Å². The minimum absolute atomic E-state index is 0.0606. The fourth-order valence-corrected chi connectivity index (χ4v) is 8.45. The van der Waals surface area contributed by atoms with Gasteiger partial charge >= 0.3 is 0 Å². The van der Waals surface area contributed by atoms with Crippen molar-refractivity contribution in [2.75, 3.05) is 45.8 Å². The van der Waals surface area contributed by atoms with E-state index in [-0.39, 0.29) is 70.2 Å². The molecule has 0 saturated heterocycles. The van der Waals surface area contributed by atoms with Crippen LogP contribution in [0.5, 0.6) is 0 Å². The van der Waals surface area contributed by atoms with E-state index in [2.05, 4.69) is 10.3 Å². The van der Waals surface area contributed by atoms with Crippen LogP contribution in [0.2, 0.25) is 0 Å². The highest BCUT2D eigenvalue weighted by atomic mass is 32.2. The summed E-state index contributed by atoms with van der Waals surface area (Å²) in [5.74, 6) is 0. The number of aromatic nitrogens is 1. The summed E-state index contributed by atoms with van der Waals surface area (Å²) in [7, 11) is -8.89. The Morgan fingerprint density at radius 2 is 1.31 bits per heavy atom. The van der Waals surface area contributed by atoms with Crippen LogP contribution in [0.25, 0.3) is 0 Å². The molecule has 1 aromatic heterocycles. The van der Waals surface area contributed by atoms with Gasteiger partial charge in [-0.05, 0) is 37.2 Å². The summed E-state index contributed by atoms with van der Waals surface area (Å²) in [6.07, 6.45) is 0.887. The van der Waals surface area contributed by atoms with E-state index in [9.17, 15) is 41.9 Å². The molecule has 1 aliphatic heterocycles.